The molecule has 3 aromatic carbocycles. The van der Waals surface area contributed by atoms with Crippen LogP contribution in [0.3, 0.4) is 0 Å². The highest BCUT2D eigenvalue weighted by Gasteiger charge is 2.31. The number of nitrogens with zero attached hydrogens (tertiary/aromatic N) is 3. The van der Waals surface area contributed by atoms with E-state index in [2.05, 4.69) is 27.8 Å². The zero-order valence-electron chi connectivity index (χ0n) is 28.1. The first-order valence-corrected chi connectivity index (χ1v) is 16.2. The average molecular weight is 656 g/mol. The third-order valence-electron chi connectivity index (χ3n) is 7.27. The highest BCUT2D eigenvalue weighted by Crippen LogP contribution is 2.26. The Hall–Kier alpha value is -5.19. The number of nitrogens with one attached hydrogen (secondary N) is 2. The predicted molar refractivity (Wildman–Crippen MR) is 181 cm³/mol. The smallest absolute Gasteiger partial charge is 0.408 e. The quantitative estimate of drug-likeness (QED) is 0.102. The van der Waals surface area contributed by atoms with Gasteiger partial charge >= 0.3 is 18.2 Å². The first-order valence-electron chi connectivity index (χ1n) is 16.2. The average Bonchev–Trinajstić information content (AvgIpc) is 3.48. The van der Waals surface area contributed by atoms with Crippen molar-refractivity contribution in [2.45, 2.75) is 90.8 Å². The Morgan fingerprint density at radius 2 is 1.21 bits per heavy atom. The number of hydrogen-bond acceptors (Lipinski definition) is 8. The summed E-state index contributed by atoms with van der Waals surface area (Å²) in [6.45, 7) is 7.89. The van der Waals surface area contributed by atoms with Crippen LogP contribution in [0.4, 0.5) is 9.59 Å². The van der Waals surface area contributed by atoms with Crippen LogP contribution in [0.1, 0.15) is 93.8 Å². The van der Waals surface area contributed by atoms with Crippen molar-refractivity contribution in [1.29, 1.82) is 0 Å². The minimum Gasteiger partial charge on any atom is -0.461 e. The highest BCUT2D eigenvalue weighted by atomic mass is 16.6. The number of esters is 1. The normalized spacial score (nSPS) is 12.4. The van der Waals surface area contributed by atoms with Crippen molar-refractivity contribution in [1.82, 2.24) is 25.4 Å². The second-order valence-corrected chi connectivity index (χ2v) is 12.4. The molecule has 11 heteroatoms. The van der Waals surface area contributed by atoms with Gasteiger partial charge < -0.3 is 29.4 Å². The zero-order chi connectivity index (χ0) is 34.4. The van der Waals surface area contributed by atoms with Gasteiger partial charge in [-0.05, 0) is 43.9 Å². The number of ether oxygens (including phenoxy) is 3. The maximum absolute atomic E-state index is 13.2. The standard InChI is InChI=1S/C37H45N5O6/c1-5-6-22-30(38-36(45)48-37(2,3)4)33-40-41-34(42(33)24-27-16-10-7-11-17-27)31(23-32(43)46-25-28-18-12-8-13-19-28)39-35(44)47-26-29-20-14-9-15-21-29/h7-21,30-31H,5-6,22-26H2,1-4H3,(H,38,45)(H,39,44)/t30-,31-/m0/s1. The number of hydrogen-bond donors (Lipinski definition) is 2. The Morgan fingerprint density at radius 3 is 1.75 bits per heavy atom. The van der Waals surface area contributed by atoms with E-state index in [-0.39, 0.29) is 19.6 Å². The molecule has 0 fully saturated rings. The largest absolute Gasteiger partial charge is 0.461 e. The molecule has 2 N–H and O–H groups in total. The maximum Gasteiger partial charge on any atom is 0.408 e. The SMILES string of the molecule is CCCC[C@H](NC(=O)OC(C)(C)C)c1nnc([C@H](CC(=O)OCc2ccccc2)NC(=O)OCc2ccccc2)n1Cc1ccccc1. The van der Waals surface area contributed by atoms with Crippen LogP contribution >= 0.6 is 0 Å². The van der Waals surface area contributed by atoms with Gasteiger partial charge in [0.25, 0.3) is 0 Å². The minimum absolute atomic E-state index is 0.0404. The van der Waals surface area contributed by atoms with E-state index in [9.17, 15) is 14.4 Å². The number of rotatable bonds is 15. The van der Waals surface area contributed by atoms with Crippen LogP contribution in [0.25, 0.3) is 0 Å². The highest BCUT2D eigenvalue weighted by molar-refractivity contribution is 5.73. The lowest BCUT2D eigenvalue weighted by Crippen LogP contribution is -2.37. The third kappa shape index (κ3) is 11.6. The van der Waals surface area contributed by atoms with E-state index in [1.165, 1.54) is 0 Å². The molecule has 0 spiro atoms. The van der Waals surface area contributed by atoms with Gasteiger partial charge in [0, 0.05) is 0 Å². The fourth-order valence-corrected chi connectivity index (χ4v) is 4.97. The molecule has 0 radical (unpaired) electrons. The fraction of sp³-hybridized carbons (Fsp3) is 0.378. The molecule has 0 saturated carbocycles. The summed E-state index contributed by atoms with van der Waals surface area (Å²) in [4.78, 5) is 39.4. The molecule has 254 valence electrons. The Morgan fingerprint density at radius 1 is 0.708 bits per heavy atom. The fourth-order valence-electron chi connectivity index (χ4n) is 4.97. The molecule has 2 amide bonds. The van der Waals surface area contributed by atoms with Gasteiger partial charge in [-0.3, -0.25) is 4.79 Å². The molecular weight excluding hydrogens is 610 g/mol. The third-order valence-corrected chi connectivity index (χ3v) is 7.27. The van der Waals surface area contributed by atoms with E-state index in [1.807, 2.05) is 95.6 Å². The minimum atomic E-state index is -0.963. The number of alkyl carbamates (subject to hydrolysis) is 2. The van der Waals surface area contributed by atoms with Crippen molar-refractivity contribution < 1.29 is 28.6 Å². The molecule has 1 heterocycles. The van der Waals surface area contributed by atoms with E-state index < -0.39 is 35.8 Å². The number of carbonyl (C=O) groups excluding carboxylic acids is 3. The van der Waals surface area contributed by atoms with Gasteiger partial charge in [-0.2, -0.15) is 0 Å². The first-order chi connectivity index (χ1) is 23.1. The molecule has 11 nitrogen and oxygen atoms in total. The van der Waals surface area contributed by atoms with Crippen LogP contribution in [0.5, 0.6) is 0 Å². The molecule has 4 rings (SSSR count). The molecule has 0 aliphatic carbocycles. The van der Waals surface area contributed by atoms with Crippen LogP contribution in [0.15, 0.2) is 91.0 Å². The van der Waals surface area contributed by atoms with Crippen molar-refractivity contribution in [3.05, 3.63) is 119 Å². The van der Waals surface area contributed by atoms with Crippen LogP contribution in [-0.2, 0) is 38.8 Å². The van der Waals surface area contributed by atoms with E-state index in [0.29, 0.717) is 24.6 Å². The second kappa shape index (κ2) is 17.7. The van der Waals surface area contributed by atoms with Crippen molar-refractivity contribution in [2.75, 3.05) is 0 Å². The van der Waals surface area contributed by atoms with Gasteiger partial charge in [0.2, 0.25) is 0 Å². The molecule has 4 aromatic rings. The van der Waals surface area contributed by atoms with E-state index in [4.69, 9.17) is 14.2 Å². The molecule has 0 bridgehead atoms. The Kier molecular flexibility index (Phi) is 13.1. The van der Waals surface area contributed by atoms with E-state index in [1.54, 1.807) is 20.8 Å². The zero-order valence-corrected chi connectivity index (χ0v) is 28.1. The topological polar surface area (TPSA) is 134 Å². The Bertz CT molecular complexity index is 1530. The lowest BCUT2D eigenvalue weighted by Gasteiger charge is -2.25. The number of amides is 2. The van der Waals surface area contributed by atoms with Gasteiger partial charge in [0.1, 0.15) is 24.9 Å². The lowest BCUT2D eigenvalue weighted by atomic mass is 10.1. The monoisotopic (exact) mass is 655 g/mol. The molecule has 0 saturated heterocycles. The summed E-state index contributed by atoms with van der Waals surface area (Å²) < 4.78 is 18.5. The summed E-state index contributed by atoms with van der Waals surface area (Å²) >= 11 is 0. The number of carbonyl (C=O) groups is 3. The van der Waals surface area contributed by atoms with Gasteiger partial charge in [0.05, 0.1) is 19.0 Å². The molecular formula is C37H45N5O6. The van der Waals surface area contributed by atoms with Gasteiger partial charge in [0.15, 0.2) is 11.6 Å². The summed E-state index contributed by atoms with van der Waals surface area (Å²) in [5, 5.41) is 14.8. The van der Waals surface area contributed by atoms with Crippen LogP contribution in [0, 0.1) is 0 Å². The first kappa shape index (κ1) is 35.7. The summed E-state index contributed by atoms with van der Waals surface area (Å²) in [6, 6.07) is 26.8. The number of aromatic nitrogens is 3. The molecule has 0 aliphatic heterocycles. The van der Waals surface area contributed by atoms with E-state index in [0.717, 1.165) is 29.5 Å². The molecule has 48 heavy (non-hydrogen) atoms. The van der Waals surface area contributed by atoms with Gasteiger partial charge in [-0.15, -0.1) is 10.2 Å². The van der Waals surface area contributed by atoms with Crippen molar-refractivity contribution >= 4 is 18.2 Å². The number of benzene rings is 3. The van der Waals surface area contributed by atoms with Crippen molar-refractivity contribution in [2.24, 2.45) is 0 Å². The molecule has 2 atom stereocenters. The summed E-state index contributed by atoms with van der Waals surface area (Å²) in [7, 11) is 0. The summed E-state index contributed by atoms with van der Waals surface area (Å²) in [6.07, 6.45) is 0.704. The Labute approximate surface area is 282 Å². The van der Waals surface area contributed by atoms with E-state index >= 15 is 0 Å². The summed E-state index contributed by atoms with van der Waals surface area (Å²) in [5.41, 5.74) is 1.88. The summed E-state index contributed by atoms with van der Waals surface area (Å²) in [5.74, 6) is 0.238. The van der Waals surface area contributed by atoms with Crippen LogP contribution in [-0.4, -0.2) is 38.5 Å². The lowest BCUT2D eigenvalue weighted by molar-refractivity contribution is -0.145. The number of unbranched alkanes of at least 4 members (excludes halogenated alkanes) is 1. The van der Waals surface area contributed by atoms with Crippen molar-refractivity contribution in [3.8, 4) is 0 Å². The van der Waals surface area contributed by atoms with Crippen molar-refractivity contribution in [3.63, 3.8) is 0 Å². The molecule has 0 aliphatic rings. The maximum atomic E-state index is 13.2. The Balaban J connectivity index is 1.67. The van der Waals surface area contributed by atoms with Gasteiger partial charge in [-0.1, -0.05) is 111 Å². The molecule has 0 unspecified atom stereocenters. The predicted octanol–water partition coefficient (Wildman–Crippen LogP) is 7.18. The van der Waals surface area contributed by atoms with Gasteiger partial charge in [-0.25, -0.2) is 9.59 Å². The van der Waals surface area contributed by atoms with Crippen LogP contribution < -0.4 is 10.6 Å². The second-order valence-electron chi connectivity index (χ2n) is 12.4. The molecule has 1 aromatic heterocycles. The van der Waals surface area contributed by atoms with Crippen LogP contribution in [0.2, 0.25) is 0 Å².